The number of hydrogen-bond acceptors (Lipinski definition) is 5. The van der Waals surface area contributed by atoms with E-state index in [2.05, 4.69) is 10.1 Å². The number of likely N-dealkylation sites (N-methyl/N-ethyl adjacent to an activating group) is 2. The molecule has 21 heavy (non-hydrogen) atoms. The van der Waals surface area contributed by atoms with Crippen molar-refractivity contribution >= 4 is 5.91 Å². The molecule has 6 heteroatoms. The molecule has 0 saturated carbocycles. The lowest BCUT2D eigenvalue weighted by atomic mass is 10.2. The van der Waals surface area contributed by atoms with E-state index >= 15 is 0 Å². The molecule has 0 unspecified atom stereocenters. The molecule has 0 aliphatic rings. The molecule has 0 radical (unpaired) electrons. The predicted molar refractivity (Wildman–Crippen MR) is 78.3 cm³/mol. The van der Waals surface area contributed by atoms with Gasteiger partial charge in [-0.05, 0) is 25.6 Å². The SMILES string of the molecule is C[C@H](c1ccon1)N(C)C(=O)CN(C)Cc1cccnc1. The Labute approximate surface area is 124 Å². The Morgan fingerprint density at radius 2 is 2.19 bits per heavy atom. The van der Waals surface area contributed by atoms with Crippen LogP contribution < -0.4 is 0 Å². The molecule has 2 aromatic rings. The van der Waals surface area contributed by atoms with Gasteiger partial charge in [0.1, 0.15) is 12.0 Å². The van der Waals surface area contributed by atoms with Crippen molar-refractivity contribution in [1.29, 1.82) is 0 Å². The van der Waals surface area contributed by atoms with Gasteiger partial charge in [0.2, 0.25) is 5.91 Å². The monoisotopic (exact) mass is 288 g/mol. The number of pyridine rings is 1. The van der Waals surface area contributed by atoms with Crippen molar-refractivity contribution < 1.29 is 9.32 Å². The maximum Gasteiger partial charge on any atom is 0.237 e. The number of carbonyl (C=O) groups is 1. The second-order valence-corrected chi connectivity index (χ2v) is 5.14. The molecule has 0 spiro atoms. The first kappa shape index (κ1) is 15.2. The molecule has 0 aliphatic heterocycles. The maximum atomic E-state index is 12.3. The van der Waals surface area contributed by atoms with Crippen molar-refractivity contribution in [3.8, 4) is 0 Å². The van der Waals surface area contributed by atoms with Gasteiger partial charge in [-0.3, -0.25) is 14.7 Å². The number of aromatic nitrogens is 2. The van der Waals surface area contributed by atoms with Crippen molar-refractivity contribution in [2.45, 2.75) is 19.5 Å². The van der Waals surface area contributed by atoms with Crippen LogP contribution in [-0.4, -0.2) is 46.5 Å². The lowest BCUT2D eigenvalue weighted by molar-refractivity contribution is -0.132. The van der Waals surface area contributed by atoms with E-state index < -0.39 is 0 Å². The molecule has 0 N–H and O–H groups in total. The fourth-order valence-electron chi connectivity index (χ4n) is 2.05. The average Bonchev–Trinajstić information content (AvgIpc) is 3.00. The zero-order chi connectivity index (χ0) is 15.2. The molecule has 0 aromatic carbocycles. The third-order valence-electron chi connectivity index (χ3n) is 3.44. The van der Waals surface area contributed by atoms with E-state index in [1.165, 1.54) is 6.26 Å². The predicted octanol–water partition coefficient (Wildman–Crippen LogP) is 1.72. The Morgan fingerprint density at radius 1 is 1.38 bits per heavy atom. The van der Waals surface area contributed by atoms with Crippen LogP contribution in [0.5, 0.6) is 0 Å². The Balaban J connectivity index is 1.88. The molecule has 6 nitrogen and oxygen atoms in total. The highest BCUT2D eigenvalue weighted by Crippen LogP contribution is 2.16. The minimum absolute atomic E-state index is 0.0388. The molecule has 112 valence electrons. The summed E-state index contributed by atoms with van der Waals surface area (Å²) in [7, 11) is 3.69. The zero-order valence-electron chi connectivity index (χ0n) is 12.6. The molecule has 1 amide bonds. The molecule has 2 rings (SSSR count). The van der Waals surface area contributed by atoms with Crippen LogP contribution in [0.2, 0.25) is 0 Å². The first-order valence-electron chi connectivity index (χ1n) is 6.81. The van der Waals surface area contributed by atoms with Crippen LogP contribution in [0.25, 0.3) is 0 Å². The largest absolute Gasteiger partial charge is 0.364 e. The van der Waals surface area contributed by atoms with E-state index in [9.17, 15) is 4.79 Å². The van der Waals surface area contributed by atoms with Gasteiger partial charge < -0.3 is 9.42 Å². The van der Waals surface area contributed by atoms with E-state index in [0.29, 0.717) is 13.1 Å². The van der Waals surface area contributed by atoms with Crippen LogP contribution in [0.4, 0.5) is 0 Å². The van der Waals surface area contributed by atoms with E-state index in [0.717, 1.165) is 11.3 Å². The summed E-state index contributed by atoms with van der Waals surface area (Å²) in [5, 5.41) is 3.88. The van der Waals surface area contributed by atoms with Gasteiger partial charge in [0, 0.05) is 32.1 Å². The number of carbonyl (C=O) groups excluding carboxylic acids is 1. The molecule has 2 heterocycles. The van der Waals surface area contributed by atoms with Gasteiger partial charge in [-0.25, -0.2) is 0 Å². The van der Waals surface area contributed by atoms with Crippen molar-refractivity contribution in [3.05, 3.63) is 48.1 Å². The van der Waals surface area contributed by atoms with Crippen LogP contribution in [0.3, 0.4) is 0 Å². The third kappa shape index (κ3) is 4.13. The Kier molecular flexibility index (Phi) is 5.05. The average molecular weight is 288 g/mol. The van der Waals surface area contributed by atoms with Crippen molar-refractivity contribution in [2.24, 2.45) is 0 Å². The number of nitrogens with zero attached hydrogens (tertiary/aromatic N) is 4. The minimum Gasteiger partial charge on any atom is -0.364 e. The van der Waals surface area contributed by atoms with Crippen LogP contribution in [0.15, 0.2) is 41.4 Å². The Hall–Kier alpha value is -2.21. The minimum atomic E-state index is -0.108. The summed E-state index contributed by atoms with van der Waals surface area (Å²) in [6.07, 6.45) is 5.06. The first-order valence-corrected chi connectivity index (χ1v) is 6.81. The van der Waals surface area contributed by atoms with Gasteiger partial charge in [-0.1, -0.05) is 11.2 Å². The van der Waals surface area contributed by atoms with Crippen LogP contribution in [-0.2, 0) is 11.3 Å². The highest BCUT2D eigenvalue weighted by atomic mass is 16.5. The Morgan fingerprint density at radius 3 is 2.81 bits per heavy atom. The van der Waals surface area contributed by atoms with Gasteiger partial charge in [0.05, 0.1) is 12.6 Å². The third-order valence-corrected chi connectivity index (χ3v) is 3.44. The maximum absolute atomic E-state index is 12.3. The summed E-state index contributed by atoms with van der Waals surface area (Å²) in [6, 6.07) is 5.55. The molecular formula is C15H20N4O2. The molecule has 0 bridgehead atoms. The highest BCUT2D eigenvalue weighted by molar-refractivity contribution is 5.78. The van der Waals surface area contributed by atoms with Gasteiger partial charge in [0.15, 0.2) is 0 Å². The number of rotatable bonds is 6. The van der Waals surface area contributed by atoms with Crippen LogP contribution in [0.1, 0.15) is 24.2 Å². The molecule has 0 fully saturated rings. The van der Waals surface area contributed by atoms with E-state index in [4.69, 9.17) is 4.52 Å². The van der Waals surface area contributed by atoms with Crippen molar-refractivity contribution in [2.75, 3.05) is 20.6 Å². The second-order valence-electron chi connectivity index (χ2n) is 5.14. The summed E-state index contributed by atoms with van der Waals surface area (Å²) in [5.41, 5.74) is 1.83. The second kappa shape index (κ2) is 6.99. The van der Waals surface area contributed by atoms with Gasteiger partial charge in [0.25, 0.3) is 0 Å². The topological polar surface area (TPSA) is 62.5 Å². The van der Waals surface area contributed by atoms with E-state index in [1.54, 1.807) is 24.2 Å². The quantitative estimate of drug-likeness (QED) is 0.810. The van der Waals surface area contributed by atoms with Gasteiger partial charge >= 0.3 is 0 Å². The normalized spacial score (nSPS) is 12.4. The summed E-state index contributed by atoms with van der Waals surface area (Å²) in [5.74, 6) is 0.0388. The van der Waals surface area contributed by atoms with Crippen molar-refractivity contribution in [3.63, 3.8) is 0 Å². The lowest BCUT2D eigenvalue weighted by Gasteiger charge is -2.26. The standard InChI is InChI=1S/C15H20N4O2/c1-12(14-6-8-21-17-14)19(3)15(20)11-18(2)10-13-5-4-7-16-9-13/h4-9,12H,10-11H2,1-3H3/t12-/m1/s1. The lowest BCUT2D eigenvalue weighted by Crippen LogP contribution is -2.37. The van der Waals surface area contributed by atoms with E-state index in [-0.39, 0.29) is 11.9 Å². The highest BCUT2D eigenvalue weighted by Gasteiger charge is 2.20. The smallest absolute Gasteiger partial charge is 0.237 e. The first-order chi connectivity index (χ1) is 10.1. The summed E-state index contributed by atoms with van der Waals surface area (Å²) >= 11 is 0. The number of hydrogen-bond donors (Lipinski definition) is 0. The molecule has 0 saturated heterocycles. The van der Waals surface area contributed by atoms with Gasteiger partial charge in [-0.2, -0.15) is 0 Å². The molecular weight excluding hydrogens is 268 g/mol. The summed E-state index contributed by atoms with van der Waals surface area (Å²) in [6.45, 7) is 2.95. The fourth-order valence-corrected chi connectivity index (χ4v) is 2.05. The molecule has 1 atom stereocenters. The molecule has 2 aromatic heterocycles. The summed E-state index contributed by atoms with van der Waals surface area (Å²) in [4.78, 5) is 20.0. The number of amides is 1. The Bertz CT molecular complexity index is 556. The zero-order valence-corrected chi connectivity index (χ0v) is 12.6. The van der Waals surface area contributed by atoms with Crippen molar-refractivity contribution in [1.82, 2.24) is 19.9 Å². The van der Waals surface area contributed by atoms with Crippen LogP contribution >= 0.6 is 0 Å². The summed E-state index contributed by atoms with van der Waals surface area (Å²) < 4.78 is 4.82. The molecule has 0 aliphatic carbocycles. The fraction of sp³-hybridized carbons (Fsp3) is 0.400. The van der Waals surface area contributed by atoms with E-state index in [1.807, 2.05) is 37.2 Å². The van der Waals surface area contributed by atoms with Crippen LogP contribution in [0, 0.1) is 0 Å². The van der Waals surface area contributed by atoms with Gasteiger partial charge in [-0.15, -0.1) is 0 Å².